The molecule has 0 spiro atoms. The van der Waals surface area contributed by atoms with Gasteiger partial charge in [-0.25, -0.2) is 0 Å². The number of hydrogen-bond acceptors (Lipinski definition) is 4. The number of rotatable bonds is 3. The lowest BCUT2D eigenvalue weighted by molar-refractivity contribution is -0.387. The second-order valence-corrected chi connectivity index (χ2v) is 4.04. The molecule has 2 rings (SSSR count). The largest absolute Gasteiger partial charge is 0.456 e. The van der Waals surface area contributed by atoms with Crippen molar-refractivity contribution in [1.29, 1.82) is 5.26 Å². The van der Waals surface area contributed by atoms with Gasteiger partial charge in [0, 0.05) is 12.1 Å². The maximum Gasteiger partial charge on any atom is 0.305 e. The minimum absolute atomic E-state index is 0.0962. The van der Waals surface area contributed by atoms with Crippen molar-refractivity contribution >= 4 is 5.69 Å². The molecule has 0 saturated heterocycles. The van der Waals surface area contributed by atoms with Crippen molar-refractivity contribution in [3.05, 3.63) is 63.5 Å². The molecular formula is C14H9FN2O3. The first-order valence-corrected chi connectivity index (χ1v) is 5.64. The van der Waals surface area contributed by atoms with Crippen LogP contribution >= 0.6 is 0 Å². The molecule has 20 heavy (non-hydrogen) atoms. The molecule has 0 heterocycles. The highest BCUT2D eigenvalue weighted by Gasteiger charge is 2.15. The van der Waals surface area contributed by atoms with E-state index in [4.69, 9.17) is 10.00 Å². The predicted octanol–water partition coefficient (Wildman–Crippen LogP) is 3.71. The zero-order valence-corrected chi connectivity index (χ0v) is 10.5. The fourth-order valence-electron chi connectivity index (χ4n) is 1.69. The summed E-state index contributed by atoms with van der Waals surface area (Å²) in [6, 6.07) is 10.2. The molecule has 0 unspecified atom stereocenters. The van der Waals surface area contributed by atoms with Gasteiger partial charge in [-0.3, -0.25) is 10.1 Å². The highest BCUT2D eigenvalue weighted by Crippen LogP contribution is 2.30. The number of nitro benzene ring substituents is 1. The van der Waals surface area contributed by atoms with Gasteiger partial charge in [0.15, 0.2) is 0 Å². The first kappa shape index (κ1) is 13.5. The van der Waals surface area contributed by atoms with Crippen LogP contribution in [0, 0.1) is 34.2 Å². The summed E-state index contributed by atoms with van der Waals surface area (Å²) >= 11 is 0. The number of halogens is 1. The zero-order valence-electron chi connectivity index (χ0n) is 10.5. The van der Waals surface area contributed by atoms with Gasteiger partial charge in [0.05, 0.1) is 10.5 Å². The lowest BCUT2D eigenvalue weighted by Gasteiger charge is -2.10. The predicted molar refractivity (Wildman–Crippen MR) is 69.0 cm³/mol. The van der Waals surface area contributed by atoms with Crippen LogP contribution in [0.25, 0.3) is 0 Å². The normalized spacial score (nSPS) is 9.85. The van der Waals surface area contributed by atoms with Crippen LogP contribution in [-0.2, 0) is 0 Å². The van der Waals surface area contributed by atoms with Gasteiger partial charge < -0.3 is 4.74 Å². The molecular weight excluding hydrogens is 263 g/mol. The third kappa shape index (κ3) is 2.57. The van der Waals surface area contributed by atoms with Crippen LogP contribution in [0.3, 0.4) is 0 Å². The highest BCUT2D eigenvalue weighted by molar-refractivity contribution is 5.50. The first-order chi connectivity index (χ1) is 9.52. The van der Waals surface area contributed by atoms with Crippen LogP contribution in [0.5, 0.6) is 11.5 Å². The molecule has 0 radical (unpaired) electrons. The number of nitro groups is 1. The Morgan fingerprint density at radius 1 is 1.35 bits per heavy atom. The highest BCUT2D eigenvalue weighted by atomic mass is 19.1. The van der Waals surface area contributed by atoms with Crippen molar-refractivity contribution in [3.63, 3.8) is 0 Å². The molecule has 6 heteroatoms. The molecule has 0 saturated carbocycles. The number of nitriles is 1. The minimum Gasteiger partial charge on any atom is -0.456 e. The third-order valence-electron chi connectivity index (χ3n) is 2.67. The number of para-hydroxylation sites is 1. The molecule has 100 valence electrons. The maximum absolute atomic E-state index is 13.5. The van der Waals surface area contributed by atoms with Crippen LogP contribution < -0.4 is 4.74 Å². The number of aryl methyl sites for hydroxylation is 1. The molecule has 0 amide bonds. The molecule has 0 fully saturated rings. The summed E-state index contributed by atoms with van der Waals surface area (Å²) in [6.07, 6.45) is 0. The maximum atomic E-state index is 13.5. The van der Waals surface area contributed by atoms with E-state index in [1.54, 1.807) is 25.1 Å². The van der Waals surface area contributed by atoms with E-state index in [9.17, 15) is 14.5 Å². The van der Waals surface area contributed by atoms with Crippen LogP contribution in [0.4, 0.5) is 10.1 Å². The van der Waals surface area contributed by atoms with Crippen molar-refractivity contribution in [2.75, 3.05) is 0 Å². The molecule has 0 bridgehead atoms. The van der Waals surface area contributed by atoms with E-state index in [2.05, 4.69) is 0 Å². The van der Waals surface area contributed by atoms with Gasteiger partial charge in [-0.15, -0.1) is 0 Å². The lowest BCUT2D eigenvalue weighted by Crippen LogP contribution is -1.95. The van der Waals surface area contributed by atoms with Crippen molar-refractivity contribution in [2.45, 2.75) is 6.92 Å². The Balaban J connectivity index is 2.39. The number of nitrogens with zero attached hydrogens (tertiary/aromatic N) is 2. The minimum atomic E-state index is -0.986. The summed E-state index contributed by atoms with van der Waals surface area (Å²) < 4.78 is 19.0. The summed E-state index contributed by atoms with van der Waals surface area (Å²) in [5, 5.41) is 19.5. The Morgan fingerprint density at radius 2 is 2.10 bits per heavy atom. The van der Waals surface area contributed by atoms with Gasteiger partial charge in [0.2, 0.25) is 5.82 Å². The smallest absolute Gasteiger partial charge is 0.305 e. The van der Waals surface area contributed by atoms with Crippen LogP contribution in [0.1, 0.15) is 11.1 Å². The topological polar surface area (TPSA) is 76.2 Å². The second-order valence-electron chi connectivity index (χ2n) is 4.04. The number of ether oxygens (including phenoxy) is 1. The quantitative estimate of drug-likeness (QED) is 0.630. The third-order valence-corrected chi connectivity index (χ3v) is 2.67. The van der Waals surface area contributed by atoms with E-state index >= 15 is 0 Å². The monoisotopic (exact) mass is 272 g/mol. The van der Waals surface area contributed by atoms with Gasteiger partial charge in [-0.05, 0) is 24.6 Å². The van der Waals surface area contributed by atoms with E-state index in [0.717, 1.165) is 12.1 Å². The summed E-state index contributed by atoms with van der Waals surface area (Å²) in [5.74, 6) is -0.582. The molecule has 2 aromatic rings. The molecule has 0 aliphatic rings. The summed E-state index contributed by atoms with van der Waals surface area (Å²) in [4.78, 5) is 9.72. The molecule has 0 aliphatic heterocycles. The summed E-state index contributed by atoms with van der Waals surface area (Å²) in [5.41, 5.74) is 0.397. The van der Waals surface area contributed by atoms with Gasteiger partial charge in [-0.1, -0.05) is 12.1 Å². The molecule has 0 atom stereocenters. The van der Waals surface area contributed by atoms with E-state index in [1.165, 1.54) is 6.07 Å². The van der Waals surface area contributed by atoms with Gasteiger partial charge in [-0.2, -0.15) is 9.65 Å². The Labute approximate surface area is 114 Å². The van der Waals surface area contributed by atoms with E-state index in [0.29, 0.717) is 16.9 Å². The van der Waals surface area contributed by atoms with Gasteiger partial charge >= 0.3 is 5.69 Å². The standard InChI is InChI=1S/C14H9FN2O3/c1-9-3-2-4-10(8-16)14(9)20-11-5-6-13(17(18)19)12(15)7-11/h2-7H,1H3. The van der Waals surface area contributed by atoms with E-state index in [1.807, 2.05) is 6.07 Å². The second kappa shape index (κ2) is 5.36. The van der Waals surface area contributed by atoms with Crippen molar-refractivity contribution in [1.82, 2.24) is 0 Å². The van der Waals surface area contributed by atoms with Crippen LogP contribution in [-0.4, -0.2) is 4.92 Å². The number of benzene rings is 2. The fourth-order valence-corrected chi connectivity index (χ4v) is 1.69. The summed E-state index contributed by atoms with van der Waals surface area (Å²) in [6.45, 7) is 1.75. The molecule has 5 nitrogen and oxygen atoms in total. The Morgan fingerprint density at radius 3 is 2.70 bits per heavy atom. The van der Waals surface area contributed by atoms with Gasteiger partial charge in [0.1, 0.15) is 17.6 Å². The average molecular weight is 272 g/mol. The van der Waals surface area contributed by atoms with Crippen LogP contribution in [0.15, 0.2) is 36.4 Å². The molecule has 0 aromatic heterocycles. The van der Waals surface area contributed by atoms with E-state index in [-0.39, 0.29) is 5.75 Å². The SMILES string of the molecule is Cc1cccc(C#N)c1Oc1ccc([N+](=O)[O-])c(F)c1. The van der Waals surface area contributed by atoms with Crippen molar-refractivity contribution in [2.24, 2.45) is 0 Å². The molecule has 0 N–H and O–H groups in total. The van der Waals surface area contributed by atoms with Crippen molar-refractivity contribution in [3.8, 4) is 17.6 Å². The summed E-state index contributed by atoms with van der Waals surface area (Å²) in [7, 11) is 0. The van der Waals surface area contributed by atoms with E-state index < -0.39 is 16.4 Å². The zero-order chi connectivity index (χ0) is 14.7. The van der Waals surface area contributed by atoms with Crippen LogP contribution in [0.2, 0.25) is 0 Å². The van der Waals surface area contributed by atoms with Gasteiger partial charge in [0.25, 0.3) is 0 Å². The first-order valence-electron chi connectivity index (χ1n) is 5.64. The molecule has 2 aromatic carbocycles. The van der Waals surface area contributed by atoms with Crippen molar-refractivity contribution < 1.29 is 14.1 Å². The Hall–Kier alpha value is -2.94. The Kier molecular flexibility index (Phi) is 3.62. The average Bonchev–Trinajstić information content (AvgIpc) is 2.40. The Bertz CT molecular complexity index is 723. The fraction of sp³-hybridized carbons (Fsp3) is 0.0714. The lowest BCUT2D eigenvalue weighted by atomic mass is 10.1. The molecule has 0 aliphatic carbocycles. The number of hydrogen-bond donors (Lipinski definition) is 0.